The van der Waals surface area contributed by atoms with Gasteiger partial charge in [-0.3, -0.25) is 4.79 Å². The highest BCUT2D eigenvalue weighted by Gasteiger charge is 2.28. The second kappa shape index (κ2) is 6.36. The predicted molar refractivity (Wildman–Crippen MR) is 79.6 cm³/mol. The second-order valence-electron chi connectivity index (χ2n) is 5.33. The zero-order valence-electron chi connectivity index (χ0n) is 11.6. The van der Waals surface area contributed by atoms with Gasteiger partial charge in [0.25, 0.3) is 0 Å². The lowest BCUT2D eigenvalue weighted by Crippen LogP contribution is -2.38. The molecule has 1 fully saturated rings. The molecule has 0 spiro atoms. The van der Waals surface area contributed by atoms with E-state index in [0.717, 1.165) is 5.56 Å². The summed E-state index contributed by atoms with van der Waals surface area (Å²) in [5.74, 6) is 1.62. The van der Waals surface area contributed by atoms with Gasteiger partial charge in [0.2, 0.25) is 17.6 Å². The average molecular weight is 306 g/mol. The molecule has 2 aromatic heterocycles. The van der Waals surface area contributed by atoms with Crippen molar-refractivity contribution in [1.82, 2.24) is 15.5 Å². The molecule has 0 aromatic carbocycles. The van der Waals surface area contributed by atoms with Crippen LogP contribution in [0, 0.1) is 5.92 Å². The van der Waals surface area contributed by atoms with Crippen LogP contribution in [0.4, 0.5) is 0 Å². The van der Waals surface area contributed by atoms with Gasteiger partial charge in [-0.25, -0.2) is 0 Å². The van der Waals surface area contributed by atoms with Crippen LogP contribution >= 0.6 is 11.3 Å². The Morgan fingerprint density at radius 1 is 1.57 bits per heavy atom. The Balaban J connectivity index is 1.43. The molecule has 1 amide bonds. The summed E-state index contributed by atoms with van der Waals surface area (Å²) in [6, 6.07) is 2.02. The van der Waals surface area contributed by atoms with E-state index < -0.39 is 0 Å². The van der Waals surface area contributed by atoms with Crippen molar-refractivity contribution in [1.29, 1.82) is 0 Å². The summed E-state index contributed by atoms with van der Waals surface area (Å²) in [7, 11) is 0. The quantitative estimate of drug-likeness (QED) is 0.810. The third-order valence-corrected chi connectivity index (χ3v) is 4.26. The summed E-state index contributed by atoms with van der Waals surface area (Å²) >= 11 is 1.58. The minimum atomic E-state index is -0.0265. The first kappa shape index (κ1) is 14.2. The van der Waals surface area contributed by atoms with Crippen molar-refractivity contribution in [3.8, 4) is 11.4 Å². The summed E-state index contributed by atoms with van der Waals surface area (Å²) in [6.45, 7) is 0.549. The van der Waals surface area contributed by atoms with E-state index in [4.69, 9.17) is 10.3 Å². The summed E-state index contributed by atoms with van der Waals surface area (Å²) in [6.07, 6.45) is 3.15. The van der Waals surface area contributed by atoms with Crippen LogP contribution in [0.3, 0.4) is 0 Å². The zero-order chi connectivity index (χ0) is 14.7. The number of rotatable bonds is 7. The number of aryl methyl sites for hydroxylation is 1. The number of nitrogens with one attached hydrogen (secondary N) is 1. The molecule has 0 bridgehead atoms. The van der Waals surface area contributed by atoms with Crippen LogP contribution in [-0.4, -0.2) is 28.6 Å². The maximum atomic E-state index is 11.7. The van der Waals surface area contributed by atoms with Crippen LogP contribution in [0.1, 0.15) is 25.2 Å². The molecule has 0 aliphatic heterocycles. The molecule has 7 heteroatoms. The number of thiophene rings is 1. The molecule has 1 atom stereocenters. The molecule has 6 nitrogen and oxygen atoms in total. The number of amides is 1. The standard InChI is InChI=1S/C14H18N4O2S/c15-11(9-1-2-9)7-16-12(19)3-4-13-17-14(18-20-13)10-5-6-21-8-10/h5-6,8-9,11H,1-4,7,15H2,(H,16,19). The minimum absolute atomic E-state index is 0.0265. The van der Waals surface area contributed by atoms with Crippen molar-refractivity contribution in [3.05, 3.63) is 22.7 Å². The Hall–Kier alpha value is -1.73. The minimum Gasteiger partial charge on any atom is -0.355 e. The monoisotopic (exact) mass is 306 g/mol. The first-order valence-corrected chi connectivity index (χ1v) is 8.04. The molecular formula is C14H18N4O2S. The van der Waals surface area contributed by atoms with Crippen LogP contribution < -0.4 is 11.1 Å². The Morgan fingerprint density at radius 3 is 3.14 bits per heavy atom. The molecule has 1 aliphatic carbocycles. The highest BCUT2D eigenvalue weighted by Crippen LogP contribution is 2.31. The topological polar surface area (TPSA) is 94.0 Å². The second-order valence-corrected chi connectivity index (χ2v) is 6.11. The van der Waals surface area contributed by atoms with Gasteiger partial charge in [0.1, 0.15) is 0 Å². The fraction of sp³-hybridized carbons (Fsp3) is 0.500. The summed E-state index contributed by atoms with van der Waals surface area (Å²) in [5, 5.41) is 10.7. The third kappa shape index (κ3) is 3.89. The van der Waals surface area contributed by atoms with Crippen molar-refractivity contribution < 1.29 is 9.32 Å². The van der Waals surface area contributed by atoms with E-state index in [1.165, 1.54) is 12.8 Å². The Bertz CT molecular complexity index is 592. The number of nitrogens with zero attached hydrogens (tertiary/aromatic N) is 2. The molecule has 1 unspecified atom stereocenters. The number of hydrogen-bond acceptors (Lipinski definition) is 6. The van der Waals surface area contributed by atoms with E-state index >= 15 is 0 Å². The van der Waals surface area contributed by atoms with E-state index in [1.807, 2.05) is 16.8 Å². The zero-order valence-corrected chi connectivity index (χ0v) is 12.4. The van der Waals surface area contributed by atoms with Gasteiger partial charge < -0.3 is 15.6 Å². The van der Waals surface area contributed by atoms with Crippen LogP contribution in [0.15, 0.2) is 21.3 Å². The van der Waals surface area contributed by atoms with Gasteiger partial charge in [0, 0.05) is 36.4 Å². The fourth-order valence-electron chi connectivity index (χ4n) is 2.10. The third-order valence-electron chi connectivity index (χ3n) is 3.58. The summed E-state index contributed by atoms with van der Waals surface area (Å²) in [5.41, 5.74) is 6.88. The van der Waals surface area contributed by atoms with Gasteiger partial charge >= 0.3 is 0 Å². The van der Waals surface area contributed by atoms with Gasteiger partial charge in [-0.2, -0.15) is 16.3 Å². The average Bonchev–Trinajstić information content (AvgIpc) is 3.01. The number of nitrogens with two attached hydrogens (primary N) is 1. The van der Waals surface area contributed by atoms with E-state index in [0.29, 0.717) is 37.0 Å². The molecule has 0 radical (unpaired) electrons. The van der Waals surface area contributed by atoms with E-state index in [9.17, 15) is 4.79 Å². The highest BCUT2D eigenvalue weighted by molar-refractivity contribution is 7.08. The van der Waals surface area contributed by atoms with Crippen LogP contribution in [0.25, 0.3) is 11.4 Å². The van der Waals surface area contributed by atoms with E-state index in [-0.39, 0.29) is 11.9 Å². The predicted octanol–water partition coefficient (Wildman–Crippen LogP) is 1.58. The van der Waals surface area contributed by atoms with Gasteiger partial charge in [-0.1, -0.05) is 5.16 Å². The molecular weight excluding hydrogens is 288 g/mol. The molecule has 21 heavy (non-hydrogen) atoms. The normalized spacial score (nSPS) is 15.9. The number of carbonyl (C=O) groups excluding carboxylic acids is 1. The van der Waals surface area contributed by atoms with Crippen molar-refractivity contribution in [2.24, 2.45) is 11.7 Å². The number of carbonyl (C=O) groups is 1. The Labute approximate surface area is 126 Å². The number of hydrogen-bond donors (Lipinski definition) is 2. The fourth-order valence-corrected chi connectivity index (χ4v) is 2.73. The Morgan fingerprint density at radius 2 is 2.43 bits per heavy atom. The largest absolute Gasteiger partial charge is 0.355 e. The van der Waals surface area contributed by atoms with E-state index in [2.05, 4.69) is 15.5 Å². The SMILES string of the molecule is NC(CNC(=O)CCc1nc(-c2ccsc2)no1)C1CC1. The first-order chi connectivity index (χ1) is 10.2. The maximum Gasteiger partial charge on any atom is 0.227 e. The molecule has 3 N–H and O–H groups in total. The smallest absolute Gasteiger partial charge is 0.227 e. The van der Waals surface area contributed by atoms with Gasteiger partial charge in [-0.05, 0) is 30.2 Å². The van der Waals surface area contributed by atoms with Gasteiger partial charge in [0.15, 0.2) is 0 Å². The lowest BCUT2D eigenvalue weighted by molar-refractivity contribution is -0.121. The van der Waals surface area contributed by atoms with Crippen LogP contribution in [-0.2, 0) is 11.2 Å². The van der Waals surface area contributed by atoms with Crippen LogP contribution in [0.5, 0.6) is 0 Å². The van der Waals surface area contributed by atoms with Crippen molar-refractivity contribution in [2.45, 2.75) is 31.7 Å². The first-order valence-electron chi connectivity index (χ1n) is 7.10. The Kier molecular flexibility index (Phi) is 4.31. The van der Waals surface area contributed by atoms with Crippen molar-refractivity contribution in [2.75, 3.05) is 6.54 Å². The molecule has 2 aromatic rings. The molecule has 1 saturated carbocycles. The lowest BCUT2D eigenvalue weighted by Gasteiger charge is -2.10. The maximum absolute atomic E-state index is 11.7. The van der Waals surface area contributed by atoms with Crippen molar-refractivity contribution in [3.63, 3.8) is 0 Å². The summed E-state index contributed by atoms with van der Waals surface area (Å²) < 4.78 is 5.15. The van der Waals surface area contributed by atoms with Gasteiger partial charge in [-0.15, -0.1) is 0 Å². The van der Waals surface area contributed by atoms with Crippen LogP contribution in [0.2, 0.25) is 0 Å². The summed E-state index contributed by atoms with van der Waals surface area (Å²) in [4.78, 5) is 16.0. The number of aromatic nitrogens is 2. The highest BCUT2D eigenvalue weighted by atomic mass is 32.1. The lowest BCUT2D eigenvalue weighted by atomic mass is 10.2. The molecule has 3 rings (SSSR count). The molecule has 1 aliphatic rings. The van der Waals surface area contributed by atoms with E-state index in [1.54, 1.807) is 11.3 Å². The van der Waals surface area contributed by atoms with Crippen molar-refractivity contribution >= 4 is 17.2 Å². The molecule has 0 saturated heterocycles. The molecule has 2 heterocycles. The van der Waals surface area contributed by atoms with Gasteiger partial charge in [0.05, 0.1) is 0 Å². The molecule has 112 valence electrons.